The second-order valence-corrected chi connectivity index (χ2v) is 3.35. The van der Waals surface area contributed by atoms with Gasteiger partial charge in [-0.2, -0.15) is 0 Å². The number of rotatable bonds is 1. The molecule has 3 heterocycles. The van der Waals surface area contributed by atoms with Crippen LogP contribution in [0.3, 0.4) is 0 Å². The summed E-state index contributed by atoms with van der Waals surface area (Å²) in [5.74, 6) is 0.830. The number of nitrogens with zero attached hydrogens (tertiary/aromatic N) is 1. The molecule has 3 saturated heterocycles. The minimum absolute atomic E-state index is 0.146. The van der Waals surface area contributed by atoms with Gasteiger partial charge in [0.1, 0.15) is 0 Å². The van der Waals surface area contributed by atoms with E-state index in [1.807, 2.05) is 0 Å². The van der Waals surface area contributed by atoms with Gasteiger partial charge >= 0.3 is 0 Å². The van der Waals surface area contributed by atoms with Crippen molar-refractivity contribution in [2.24, 2.45) is 5.92 Å². The molecule has 3 rings (SSSR count). The predicted molar refractivity (Wildman–Crippen MR) is 38.4 cm³/mol. The Bertz CT molecular complexity index is 138. The monoisotopic (exact) mass is 138 g/mol. The van der Waals surface area contributed by atoms with E-state index in [4.69, 9.17) is 0 Å². The van der Waals surface area contributed by atoms with Crippen LogP contribution >= 0.6 is 0 Å². The third-order valence-electron chi connectivity index (χ3n) is 2.78. The van der Waals surface area contributed by atoms with Gasteiger partial charge in [0.25, 0.3) is 0 Å². The van der Waals surface area contributed by atoms with Crippen LogP contribution in [0.1, 0.15) is 19.3 Å². The maximum absolute atomic E-state index is 10.4. The average molecular weight is 138 g/mol. The first-order valence-corrected chi connectivity index (χ1v) is 4.02. The molecule has 0 N–H and O–H groups in total. The van der Waals surface area contributed by atoms with Gasteiger partial charge in [0.2, 0.25) is 6.29 Å². The maximum Gasteiger partial charge on any atom is 0.217 e. The molecule has 0 amide bonds. The lowest BCUT2D eigenvalue weighted by molar-refractivity contribution is 0.0814. The highest BCUT2D eigenvalue weighted by molar-refractivity contribution is 5.59. The number of piperidine rings is 3. The quantitative estimate of drug-likeness (QED) is 0.528. The first-order valence-electron chi connectivity index (χ1n) is 4.02. The van der Waals surface area contributed by atoms with Gasteiger partial charge in [-0.3, -0.25) is 9.69 Å². The zero-order valence-corrected chi connectivity index (χ0v) is 6.05. The summed E-state index contributed by atoms with van der Waals surface area (Å²) in [4.78, 5) is 12.6. The first kappa shape index (κ1) is 6.35. The fourth-order valence-electron chi connectivity index (χ4n) is 2.09. The Morgan fingerprint density at radius 2 is 2.00 bits per heavy atom. The van der Waals surface area contributed by atoms with E-state index in [1.165, 1.54) is 12.8 Å². The molecule has 1 radical (unpaired) electrons. The average Bonchev–Trinajstić information content (AvgIpc) is 2.06. The molecule has 1 unspecified atom stereocenters. The number of hydrogen-bond donors (Lipinski definition) is 0. The summed E-state index contributed by atoms with van der Waals surface area (Å²) in [5, 5.41) is 0. The fraction of sp³-hybridized carbons (Fsp3) is 0.875. The minimum Gasteiger partial charge on any atom is -0.293 e. The van der Waals surface area contributed by atoms with Gasteiger partial charge in [0.05, 0.1) is 6.04 Å². The number of fused-ring (bicyclic) bond motifs is 3. The molecule has 3 aliphatic heterocycles. The summed E-state index contributed by atoms with van der Waals surface area (Å²) < 4.78 is 0. The molecule has 3 aliphatic rings. The van der Waals surface area contributed by atoms with Crippen LogP contribution in [0, 0.1) is 5.92 Å². The highest BCUT2D eigenvalue weighted by atomic mass is 16.1. The van der Waals surface area contributed by atoms with E-state index in [0.29, 0.717) is 0 Å². The zero-order chi connectivity index (χ0) is 6.97. The summed E-state index contributed by atoms with van der Waals surface area (Å²) in [6.45, 7) is 2.26. The molecule has 0 aliphatic carbocycles. The topological polar surface area (TPSA) is 20.3 Å². The molecule has 0 aromatic heterocycles. The van der Waals surface area contributed by atoms with Crippen LogP contribution in [0.25, 0.3) is 0 Å². The normalized spacial score (nSPS) is 45.4. The van der Waals surface area contributed by atoms with Gasteiger partial charge in [0.15, 0.2) is 0 Å². The molecule has 0 aromatic rings. The van der Waals surface area contributed by atoms with Crippen molar-refractivity contribution in [3.05, 3.63) is 0 Å². The number of carbonyl (C=O) groups excluding carboxylic acids is 1. The van der Waals surface area contributed by atoms with Crippen molar-refractivity contribution < 1.29 is 4.79 Å². The lowest BCUT2D eigenvalue weighted by Crippen LogP contribution is -2.49. The van der Waals surface area contributed by atoms with Crippen LogP contribution in [0.4, 0.5) is 0 Å². The van der Waals surface area contributed by atoms with E-state index in [9.17, 15) is 4.79 Å². The van der Waals surface area contributed by atoms with E-state index < -0.39 is 0 Å². The highest BCUT2D eigenvalue weighted by Crippen LogP contribution is 2.30. The third-order valence-corrected chi connectivity index (χ3v) is 2.78. The van der Waals surface area contributed by atoms with Crippen LogP contribution in [-0.4, -0.2) is 30.3 Å². The van der Waals surface area contributed by atoms with E-state index in [1.54, 1.807) is 0 Å². The Morgan fingerprint density at radius 1 is 1.30 bits per heavy atom. The Hall–Kier alpha value is -0.370. The highest BCUT2D eigenvalue weighted by Gasteiger charge is 2.33. The molecular weight excluding hydrogens is 126 g/mol. The third kappa shape index (κ3) is 0.870. The van der Waals surface area contributed by atoms with E-state index in [-0.39, 0.29) is 6.04 Å². The molecule has 1 atom stereocenters. The van der Waals surface area contributed by atoms with Crippen LogP contribution < -0.4 is 0 Å². The first-order chi connectivity index (χ1) is 4.90. The molecule has 10 heavy (non-hydrogen) atoms. The lowest BCUT2D eigenvalue weighted by atomic mass is 9.84. The lowest BCUT2D eigenvalue weighted by Gasteiger charge is -2.42. The Labute approximate surface area is 61.2 Å². The SMILES string of the molecule is O=[C]C1CC2CCN1CC2. The second-order valence-electron chi connectivity index (χ2n) is 3.35. The Balaban J connectivity index is 2.07. The molecule has 3 fully saturated rings. The molecule has 0 spiro atoms. The predicted octanol–water partition coefficient (Wildman–Crippen LogP) is 0.580. The van der Waals surface area contributed by atoms with E-state index >= 15 is 0 Å². The van der Waals surface area contributed by atoms with Gasteiger partial charge < -0.3 is 0 Å². The molecule has 2 heteroatoms. The van der Waals surface area contributed by atoms with E-state index in [2.05, 4.69) is 11.2 Å². The van der Waals surface area contributed by atoms with Gasteiger partial charge in [-0.05, 0) is 38.3 Å². The summed E-state index contributed by atoms with van der Waals surface area (Å²) in [6, 6.07) is 0.146. The Morgan fingerprint density at radius 3 is 2.30 bits per heavy atom. The van der Waals surface area contributed by atoms with Gasteiger partial charge in [0, 0.05) is 0 Å². The summed E-state index contributed by atoms with van der Waals surface area (Å²) in [5.41, 5.74) is 0. The molecule has 0 aromatic carbocycles. The van der Waals surface area contributed by atoms with Gasteiger partial charge in [-0.25, -0.2) is 0 Å². The van der Waals surface area contributed by atoms with Crippen LogP contribution in [0.2, 0.25) is 0 Å². The van der Waals surface area contributed by atoms with Crippen molar-refractivity contribution in [2.75, 3.05) is 13.1 Å². The van der Waals surface area contributed by atoms with Crippen molar-refractivity contribution in [3.63, 3.8) is 0 Å². The number of hydrogen-bond acceptors (Lipinski definition) is 2. The van der Waals surface area contributed by atoms with Crippen LogP contribution in [0.5, 0.6) is 0 Å². The molecule has 55 valence electrons. The fourth-order valence-corrected chi connectivity index (χ4v) is 2.09. The Kier molecular flexibility index (Phi) is 1.49. The largest absolute Gasteiger partial charge is 0.293 e. The smallest absolute Gasteiger partial charge is 0.217 e. The summed E-state index contributed by atoms with van der Waals surface area (Å²) >= 11 is 0. The van der Waals surface area contributed by atoms with Crippen LogP contribution in [-0.2, 0) is 4.79 Å². The molecule has 2 bridgehead atoms. The summed E-state index contributed by atoms with van der Waals surface area (Å²) in [7, 11) is 0. The van der Waals surface area contributed by atoms with Crippen molar-refractivity contribution in [2.45, 2.75) is 25.3 Å². The second kappa shape index (κ2) is 2.35. The molecule has 0 saturated carbocycles. The van der Waals surface area contributed by atoms with Crippen molar-refractivity contribution >= 4 is 6.29 Å². The minimum atomic E-state index is 0.146. The van der Waals surface area contributed by atoms with Crippen LogP contribution in [0.15, 0.2) is 0 Å². The van der Waals surface area contributed by atoms with Crippen molar-refractivity contribution in [3.8, 4) is 0 Å². The standard InChI is InChI=1S/C8H12NO/c10-6-8-5-7-1-3-9(8)4-2-7/h7-8H,1-5H2. The van der Waals surface area contributed by atoms with Gasteiger partial charge in [-0.1, -0.05) is 0 Å². The molecule has 2 nitrogen and oxygen atoms in total. The van der Waals surface area contributed by atoms with E-state index in [0.717, 1.165) is 25.4 Å². The summed E-state index contributed by atoms with van der Waals surface area (Å²) in [6.07, 6.45) is 5.79. The maximum atomic E-state index is 10.4. The van der Waals surface area contributed by atoms with Crippen molar-refractivity contribution in [1.29, 1.82) is 0 Å². The van der Waals surface area contributed by atoms with Crippen molar-refractivity contribution in [1.82, 2.24) is 4.90 Å². The molecular formula is C8H12NO. The van der Waals surface area contributed by atoms with Gasteiger partial charge in [-0.15, -0.1) is 0 Å². The zero-order valence-electron chi connectivity index (χ0n) is 6.05.